The summed E-state index contributed by atoms with van der Waals surface area (Å²) in [5.74, 6) is -1.01. The molecule has 0 atom stereocenters. The number of thiazole rings is 1. The van der Waals surface area contributed by atoms with Gasteiger partial charge in [-0.2, -0.15) is 9.59 Å². The van der Waals surface area contributed by atoms with Crippen LogP contribution in [0.25, 0.3) is 5.57 Å². The summed E-state index contributed by atoms with van der Waals surface area (Å²) in [7, 11) is 0. The number of benzene rings is 1. The van der Waals surface area contributed by atoms with E-state index in [1.54, 1.807) is 0 Å². The molecule has 0 bridgehead atoms. The lowest BCUT2D eigenvalue weighted by Gasteiger charge is -2.01. The van der Waals surface area contributed by atoms with Gasteiger partial charge >= 0.3 is 6.15 Å². The van der Waals surface area contributed by atoms with Crippen LogP contribution in [0.4, 0.5) is 4.39 Å². The average molecular weight is 352 g/mol. The van der Waals surface area contributed by atoms with Crippen molar-refractivity contribution in [2.75, 3.05) is 0 Å². The quantitative estimate of drug-likeness (QED) is 0.812. The molecule has 0 radical (unpaired) electrons. The Labute approximate surface area is 137 Å². The van der Waals surface area contributed by atoms with Gasteiger partial charge < -0.3 is 5.11 Å². The van der Waals surface area contributed by atoms with Crippen molar-refractivity contribution >= 4 is 41.2 Å². The highest BCUT2D eigenvalue weighted by molar-refractivity contribution is 7.73. The second-order valence-corrected chi connectivity index (χ2v) is 5.95. The summed E-state index contributed by atoms with van der Waals surface area (Å²) in [5, 5.41) is 11.0. The van der Waals surface area contributed by atoms with Gasteiger partial charge in [0, 0.05) is 11.8 Å². The molecule has 0 fully saturated rings. The first-order chi connectivity index (χ1) is 10.9. The lowest BCUT2D eigenvalue weighted by Crippen LogP contribution is -2.23. The first kappa shape index (κ1) is 16.9. The molecule has 2 heterocycles. The van der Waals surface area contributed by atoms with Crippen molar-refractivity contribution in [2.45, 2.75) is 13.5 Å². The zero-order valence-corrected chi connectivity index (χ0v) is 13.3. The van der Waals surface area contributed by atoms with Crippen LogP contribution in [0.2, 0.25) is 0 Å². The summed E-state index contributed by atoms with van der Waals surface area (Å²) >= 11 is 6.27. The van der Waals surface area contributed by atoms with Crippen molar-refractivity contribution in [3.63, 3.8) is 0 Å². The molecule has 0 saturated heterocycles. The van der Waals surface area contributed by atoms with Crippen molar-refractivity contribution in [2.24, 2.45) is 4.99 Å². The monoisotopic (exact) mass is 352 g/mol. The van der Waals surface area contributed by atoms with Gasteiger partial charge in [0.25, 0.3) is 5.91 Å². The van der Waals surface area contributed by atoms with Crippen LogP contribution in [-0.4, -0.2) is 21.7 Å². The third kappa shape index (κ3) is 3.02. The third-order valence-electron chi connectivity index (χ3n) is 3.08. The van der Waals surface area contributed by atoms with Gasteiger partial charge in [0.2, 0.25) is 5.88 Å². The van der Waals surface area contributed by atoms with Crippen LogP contribution < -0.4 is 10.6 Å². The first-order valence-corrected chi connectivity index (χ1v) is 7.52. The van der Waals surface area contributed by atoms with Gasteiger partial charge in [-0.05, 0) is 37.3 Å². The fourth-order valence-corrected chi connectivity index (χ4v) is 3.61. The Morgan fingerprint density at radius 3 is 2.65 bits per heavy atom. The van der Waals surface area contributed by atoms with Crippen molar-refractivity contribution in [1.29, 1.82) is 0 Å². The minimum absolute atomic E-state index is 0.0711. The van der Waals surface area contributed by atoms with E-state index in [1.807, 2.05) is 6.92 Å². The van der Waals surface area contributed by atoms with E-state index in [9.17, 15) is 14.3 Å². The molecule has 3 rings (SSSR count). The number of hydrogen-bond donors (Lipinski definition) is 1. The van der Waals surface area contributed by atoms with Crippen molar-refractivity contribution in [3.8, 4) is 5.88 Å². The molecule has 1 aliphatic heterocycles. The van der Waals surface area contributed by atoms with Crippen LogP contribution in [0.3, 0.4) is 0 Å². The predicted octanol–water partition coefficient (Wildman–Crippen LogP) is 0.919. The highest BCUT2D eigenvalue weighted by Gasteiger charge is 2.25. The van der Waals surface area contributed by atoms with E-state index >= 15 is 0 Å². The van der Waals surface area contributed by atoms with Gasteiger partial charge in [0.1, 0.15) is 10.7 Å². The van der Waals surface area contributed by atoms with E-state index in [4.69, 9.17) is 21.8 Å². The van der Waals surface area contributed by atoms with Crippen LogP contribution in [0, 0.1) is 9.77 Å². The predicted molar refractivity (Wildman–Crippen MR) is 80.2 cm³/mol. The van der Waals surface area contributed by atoms with Crippen LogP contribution in [0.1, 0.15) is 11.8 Å². The summed E-state index contributed by atoms with van der Waals surface area (Å²) in [4.78, 5) is 32.5. The molecule has 1 aromatic heterocycles. The maximum Gasteiger partial charge on any atom is 0.373 e. The fraction of sp³-hybridized carbons (Fsp3) is 0.143. The summed E-state index contributed by atoms with van der Waals surface area (Å²) in [6.45, 7) is 2.33. The van der Waals surface area contributed by atoms with Crippen LogP contribution in [0.15, 0.2) is 23.2 Å². The minimum Gasteiger partial charge on any atom is -0.493 e. The summed E-state index contributed by atoms with van der Waals surface area (Å²) in [6.07, 6.45) is 0.250. The molecule has 0 saturated carbocycles. The van der Waals surface area contributed by atoms with E-state index < -0.39 is 11.7 Å². The Morgan fingerprint density at radius 2 is 2.09 bits per heavy atom. The summed E-state index contributed by atoms with van der Waals surface area (Å²) in [5.41, 5.74) is 0.209. The summed E-state index contributed by atoms with van der Waals surface area (Å²) in [6, 6.07) is 3.94. The number of nitrogens with zero attached hydrogens (tertiary/aromatic N) is 2. The van der Waals surface area contributed by atoms with Gasteiger partial charge in [0.15, 0.2) is 3.95 Å². The van der Waals surface area contributed by atoms with Gasteiger partial charge in [-0.15, -0.1) is 11.3 Å². The van der Waals surface area contributed by atoms with Crippen LogP contribution in [0.5, 0.6) is 5.88 Å². The van der Waals surface area contributed by atoms with Gasteiger partial charge in [0.05, 0.1) is 10.9 Å². The second kappa shape index (κ2) is 6.74. The molecule has 118 valence electrons. The Bertz CT molecular complexity index is 1000. The molecular formula is C14H9FN2O4S2. The SMILES string of the molecule is CCn1c(O)c(C2=c3cc(F)ccc3=NC2=O)sc1=S.O=C=O. The van der Waals surface area contributed by atoms with Gasteiger partial charge in [-0.25, -0.2) is 9.38 Å². The largest absolute Gasteiger partial charge is 0.493 e. The van der Waals surface area contributed by atoms with E-state index in [0.29, 0.717) is 26.0 Å². The smallest absolute Gasteiger partial charge is 0.373 e. The number of aromatic hydroxyl groups is 1. The number of rotatable bonds is 2. The highest BCUT2D eigenvalue weighted by atomic mass is 32.1. The number of carbonyl (C=O) groups is 1. The van der Waals surface area contributed by atoms with E-state index in [-0.39, 0.29) is 17.6 Å². The topological polar surface area (TPSA) is 88.7 Å². The molecule has 0 aliphatic carbocycles. The molecule has 1 N–H and O–H groups in total. The zero-order valence-electron chi connectivity index (χ0n) is 11.7. The maximum absolute atomic E-state index is 13.4. The molecule has 0 spiro atoms. The average Bonchev–Trinajstić information content (AvgIpc) is 2.95. The molecular weight excluding hydrogens is 343 g/mol. The van der Waals surface area contributed by atoms with E-state index in [1.165, 1.54) is 22.8 Å². The Morgan fingerprint density at radius 1 is 1.43 bits per heavy atom. The molecule has 1 amide bonds. The number of hydrogen-bond acceptors (Lipinski definition) is 6. The van der Waals surface area contributed by atoms with Crippen molar-refractivity contribution < 1.29 is 23.9 Å². The normalized spacial score (nSPS) is 12.1. The lowest BCUT2D eigenvalue weighted by atomic mass is 10.1. The Balaban J connectivity index is 0.000000595. The highest BCUT2D eigenvalue weighted by Crippen LogP contribution is 2.32. The molecule has 1 aliphatic rings. The van der Waals surface area contributed by atoms with Crippen LogP contribution >= 0.6 is 23.6 Å². The molecule has 2 aromatic rings. The molecule has 6 nitrogen and oxygen atoms in total. The lowest BCUT2D eigenvalue weighted by molar-refractivity contribution is -0.191. The number of carbonyl (C=O) groups excluding carboxylic acids is 3. The van der Waals surface area contributed by atoms with E-state index in [0.717, 1.165) is 11.3 Å². The third-order valence-corrected chi connectivity index (χ3v) is 4.53. The molecule has 23 heavy (non-hydrogen) atoms. The molecule has 1 aromatic carbocycles. The van der Waals surface area contributed by atoms with Crippen molar-refractivity contribution in [1.82, 2.24) is 4.57 Å². The zero-order chi connectivity index (χ0) is 17.1. The fourth-order valence-electron chi connectivity index (χ4n) is 2.14. The molecule has 9 heteroatoms. The maximum atomic E-state index is 13.4. The van der Waals surface area contributed by atoms with Crippen LogP contribution in [-0.2, 0) is 20.9 Å². The minimum atomic E-state index is -0.486. The van der Waals surface area contributed by atoms with Gasteiger partial charge in [-0.3, -0.25) is 9.36 Å². The number of halogens is 1. The number of aromatic nitrogens is 1. The standard InChI is InChI=1S/C13H9FN2O2S2.CO2/c1-2-16-12(18)10(20-13(16)19)9-7-5-6(14)3-4-8(7)15-11(9)17;2-1-3/h3-5,18H,2H2,1H3;. The van der Waals surface area contributed by atoms with Crippen molar-refractivity contribution in [3.05, 3.63) is 43.4 Å². The number of amides is 1. The molecule has 0 unspecified atom stereocenters. The second-order valence-electron chi connectivity index (χ2n) is 4.30. The Hall–Kier alpha value is -2.48. The van der Waals surface area contributed by atoms with E-state index in [2.05, 4.69) is 4.99 Å². The first-order valence-electron chi connectivity index (χ1n) is 6.29. The number of fused-ring (bicyclic) bond motifs is 1. The Kier molecular flexibility index (Phi) is 4.95. The van der Waals surface area contributed by atoms with Gasteiger partial charge in [-0.1, -0.05) is 0 Å². The summed E-state index contributed by atoms with van der Waals surface area (Å²) < 4.78 is 15.4.